The number of fused-ring (bicyclic) bond motifs is 2. The summed E-state index contributed by atoms with van der Waals surface area (Å²) in [6, 6.07) is 19.8. The Morgan fingerprint density at radius 3 is 2.19 bits per heavy atom. The topological polar surface area (TPSA) is 15.3 Å². The summed E-state index contributed by atoms with van der Waals surface area (Å²) in [4.78, 5) is 2.51. The van der Waals surface area contributed by atoms with E-state index in [0.29, 0.717) is 0 Å². The monoisotopic (exact) mass is 276 g/mol. The summed E-state index contributed by atoms with van der Waals surface area (Å²) >= 11 is 0. The van der Waals surface area contributed by atoms with Gasteiger partial charge in [0, 0.05) is 19.8 Å². The van der Waals surface area contributed by atoms with Gasteiger partial charge >= 0.3 is 0 Å². The zero-order valence-electron chi connectivity index (χ0n) is 12.2. The lowest BCUT2D eigenvalue weighted by Gasteiger charge is -2.28. The van der Waals surface area contributed by atoms with Crippen LogP contribution in [-0.4, -0.2) is 24.7 Å². The van der Waals surface area contributed by atoms with Crippen molar-refractivity contribution in [1.82, 2.24) is 10.2 Å². The lowest BCUT2D eigenvalue weighted by atomic mass is 9.96. The zero-order chi connectivity index (χ0) is 14.1. The van der Waals surface area contributed by atoms with Crippen LogP contribution in [0, 0.1) is 0 Å². The van der Waals surface area contributed by atoms with E-state index in [1.54, 1.807) is 0 Å². The molecule has 1 aliphatic heterocycles. The summed E-state index contributed by atoms with van der Waals surface area (Å²) in [5, 5.41) is 8.95. The summed E-state index contributed by atoms with van der Waals surface area (Å²) in [6.07, 6.45) is 1.24. The van der Waals surface area contributed by atoms with Gasteiger partial charge in [0.2, 0.25) is 0 Å². The van der Waals surface area contributed by atoms with E-state index >= 15 is 0 Å². The average Bonchev–Trinajstić information content (AvgIpc) is 2.55. The first-order chi connectivity index (χ1) is 10.4. The molecule has 0 unspecified atom stereocenters. The van der Waals surface area contributed by atoms with Crippen molar-refractivity contribution >= 4 is 21.5 Å². The highest BCUT2D eigenvalue weighted by Gasteiger charge is 2.14. The van der Waals surface area contributed by atoms with Crippen molar-refractivity contribution in [3.63, 3.8) is 0 Å². The summed E-state index contributed by atoms with van der Waals surface area (Å²) in [5.74, 6) is 0. The van der Waals surface area contributed by atoms with Crippen LogP contribution in [0.3, 0.4) is 0 Å². The van der Waals surface area contributed by atoms with Crippen molar-refractivity contribution in [2.24, 2.45) is 0 Å². The predicted molar refractivity (Wildman–Crippen MR) is 89.4 cm³/mol. The Bertz CT molecular complexity index is 719. The molecule has 1 N–H and O–H groups in total. The molecule has 0 aliphatic carbocycles. The Labute approximate surface area is 125 Å². The van der Waals surface area contributed by atoms with Gasteiger partial charge < -0.3 is 5.32 Å². The summed E-state index contributed by atoms with van der Waals surface area (Å²) < 4.78 is 0. The van der Waals surface area contributed by atoms with Crippen LogP contribution < -0.4 is 5.32 Å². The molecule has 4 rings (SSSR count). The Kier molecular flexibility index (Phi) is 3.34. The Hall–Kier alpha value is -1.90. The van der Waals surface area contributed by atoms with Gasteiger partial charge in [-0.1, -0.05) is 48.5 Å². The van der Waals surface area contributed by atoms with E-state index in [1.165, 1.54) is 40.1 Å². The third-order valence-corrected chi connectivity index (χ3v) is 4.43. The fraction of sp³-hybridized carbons (Fsp3) is 0.263. The molecule has 2 heteroatoms. The Balaban J connectivity index is 1.89. The molecular weight excluding hydrogens is 256 g/mol. The smallest absolute Gasteiger partial charge is 0.0483 e. The Morgan fingerprint density at radius 2 is 1.57 bits per heavy atom. The lowest BCUT2D eigenvalue weighted by Crippen LogP contribution is -2.41. The molecule has 1 saturated heterocycles. The minimum Gasteiger partial charge on any atom is -0.304 e. The van der Waals surface area contributed by atoms with Crippen molar-refractivity contribution in [3.8, 4) is 0 Å². The summed E-state index contributed by atoms with van der Waals surface area (Å²) in [5.41, 5.74) is 1.47. The second kappa shape index (κ2) is 5.47. The molecule has 1 aliphatic rings. The molecule has 2 nitrogen and oxygen atoms in total. The minimum atomic E-state index is 0.998. The fourth-order valence-electron chi connectivity index (χ4n) is 3.38. The highest BCUT2D eigenvalue weighted by molar-refractivity contribution is 6.02. The van der Waals surface area contributed by atoms with E-state index in [0.717, 1.165) is 19.8 Å². The number of hydrogen-bond donors (Lipinski definition) is 1. The molecule has 0 atom stereocenters. The number of hydrogen-bond acceptors (Lipinski definition) is 2. The Morgan fingerprint density at radius 1 is 0.905 bits per heavy atom. The maximum Gasteiger partial charge on any atom is 0.0483 e. The second-order valence-electron chi connectivity index (χ2n) is 5.86. The van der Waals surface area contributed by atoms with Crippen LogP contribution in [-0.2, 0) is 6.54 Å². The molecule has 1 fully saturated rings. The molecule has 0 spiro atoms. The molecule has 0 saturated carbocycles. The van der Waals surface area contributed by atoms with E-state index in [4.69, 9.17) is 0 Å². The quantitative estimate of drug-likeness (QED) is 0.717. The number of benzene rings is 3. The molecule has 0 radical (unpaired) electrons. The van der Waals surface area contributed by atoms with Crippen molar-refractivity contribution < 1.29 is 0 Å². The maximum absolute atomic E-state index is 3.48. The van der Waals surface area contributed by atoms with Crippen molar-refractivity contribution in [2.75, 3.05) is 19.8 Å². The summed E-state index contributed by atoms with van der Waals surface area (Å²) in [7, 11) is 0. The fourth-order valence-corrected chi connectivity index (χ4v) is 3.38. The van der Waals surface area contributed by atoms with Crippen LogP contribution in [0.1, 0.15) is 12.0 Å². The molecule has 21 heavy (non-hydrogen) atoms. The molecule has 0 bridgehead atoms. The van der Waals surface area contributed by atoms with Gasteiger partial charge in [0.15, 0.2) is 0 Å². The van der Waals surface area contributed by atoms with E-state index in [1.807, 2.05) is 0 Å². The van der Waals surface area contributed by atoms with E-state index in [-0.39, 0.29) is 0 Å². The van der Waals surface area contributed by atoms with E-state index in [9.17, 15) is 0 Å². The molecule has 0 aromatic heterocycles. The van der Waals surface area contributed by atoms with Crippen LogP contribution in [0.5, 0.6) is 0 Å². The van der Waals surface area contributed by atoms with E-state index in [2.05, 4.69) is 64.8 Å². The third-order valence-electron chi connectivity index (χ3n) is 4.43. The molecule has 1 heterocycles. The van der Waals surface area contributed by atoms with Crippen molar-refractivity contribution in [3.05, 3.63) is 60.2 Å². The SMILES string of the molecule is c1ccc2c(CN3CCCNC3)c3ccccc3cc2c1. The number of rotatable bonds is 2. The lowest BCUT2D eigenvalue weighted by molar-refractivity contribution is 0.209. The molecule has 0 amide bonds. The highest BCUT2D eigenvalue weighted by atomic mass is 15.2. The van der Waals surface area contributed by atoms with Gasteiger partial charge in [-0.15, -0.1) is 0 Å². The molecule has 3 aromatic rings. The van der Waals surface area contributed by atoms with Crippen LogP contribution in [0.15, 0.2) is 54.6 Å². The van der Waals surface area contributed by atoms with Gasteiger partial charge in [-0.2, -0.15) is 0 Å². The first-order valence-electron chi connectivity index (χ1n) is 7.74. The second-order valence-corrected chi connectivity index (χ2v) is 5.86. The van der Waals surface area contributed by atoms with Crippen LogP contribution in [0.4, 0.5) is 0 Å². The largest absolute Gasteiger partial charge is 0.304 e. The average molecular weight is 276 g/mol. The van der Waals surface area contributed by atoms with Crippen LogP contribution in [0.2, 0.25) is 0 Å². The molecule has 3 aromatic carbocycles. The predicted octanol–water partition coefficient (Wildman–Crippen LogP) is 3.75. The number of nitrogens with one attached hydrogen (secondary N) is 1. The van der Waals surface area contributed by atoms with Gasteiger partial charge in [-0.3, -0.25) is 4.90 Å². The molecule has 106 valence electrons. The minimum absolute atomic E-state index is 0.998. The maximum atomic E-state index is 3.48. The highest BCUT2D eigenvalue weighted by Crippen LogP contribution is 2.29. The van der Waals surface area contributed by atoms with Gasteiger partial charge in [0.05, 0.1) is 0 Å². The van der Waals surface area contributed by atoms with Gasteiger partial charge in [0.25, 0.3) is 0 Å². The normalized spacial score (nSPS) is 16.6. The van der Waals surface area contributed by atoms with E-state index < -0.39 is 0 Å². The van der Waals surface area contributed by atoms with Gasteiger partial charge in [-0.25, -0.2) is 0 Å². The first-order valence-corrected chi connectivity index (χ1v) is 7.74. The first kappa shape index (κ1) is 12.8. The van der Waals surface area contributed by atoms with Crippen LogP contribution in [0.25, 0.3) is 21.5 Å². The van der Waals surface area contributed by atoms with Crippen LogP contribution >= 0.6 is 0 Å². The third kappa shape index (κ3) is 2.41. The van der Waals surface area contributed by atoms with Gasteiger partial charge in [-0.05, 0) is 46.1 Å². The molecular formula is C19H20N2. The van der Waals surface area contributed by atoms with Gasteiger partial charge in [0.1, 0.15) is 0 Å². The standard InChI is InChI=1S/C19H20N2/c1-3-8-17-15(6-1)12-16-7-2-4-9-18(16)19(17)13-21-11-5-10-20-14-21/h1-4,6-9,12,20H,5,10-11,13-14H2. The zero-order valence-corrected chi connectivity index (χ0v) is 12.2. The number of nitrogens with zero attached hydrogens (tertiary/aromatic N) is 1. The summed E-state index contributed by atoms with van der Waals surface area (Å²) in [6.45, 7) is 4.35. The van der Waals surface area contributed by atoms with Crippen molar-refractivity contribution in [2.45, 2.75) is 13.0 Å². The van der Waals surface area contributed by atoms with Crippen molar-refractivity contribution in [1.29, 1.82) is 0 Å².